The summed E-state index contributed by atoms with van der Waals surface area (Å²) in [7, 11) is -5.13. The maximum atomic E-state index is 12.9. The van der Waals surface area contributed by atoms with Gasteiger partial charge in [0.05, 0.1) is 6.61 Å². The van der Waals surface area contributed by atoms with E-state index >= 15 is 0 Å². The van der Waals surface area contributed by atoms with Crippen molar-refractivity contribution >= 4 is 19.8 Å². The van der Waals surface area contributed by atoms with Crippen LogP contribution in [0.5, 0.6) is 0 Å². The number of ether oxygens (including phenoxy) is 2. The van der Waals surface area contributed by atoms with Crippen molar-refractivity contribution in [2.24, 2.45) is 0 Å². The Morgan fingerprint density at radius 2 is 0.783 bits per heavy atom. The molecule has 0 saturated heterocycles. The van der Waals surface area contributed by atoms with Crippen molar-refractivity contribution in [2.45, 2.75) is 262 Å². The Labute approximate surface area is 417 Å². The molecule has 400 valence electrons. The van der Waals surface area contributed by atoms with Gasteiger partial charge in [0.15, 0.2) is 6.10 Å². The van der Waals surface area contributed by atoms with E-state index in [0.29, 0.717) is 12.8 Å². The van der Waals surface area contributed by atoms with E-state index in [1.54, 1.807) is 0 Å². The number of hydrogen-bond acceptors (Lipinski definition) is 12. The molecule has 14 heteroatoms. The lowest BCUT2D eigenvalue weighted by Gasteiger charge is -2.41. The Bertz CT molecular complexity index is 1430. The van der Waals surface area contributed by atoms with Gasteiger partial charge in [-0.05, 0) is 83.5 Å². The molecule has 0 aromatic rings. The maximum absolute atomic E-state index is 12.9. The van der Waals surface area contributed by atoms with E-state index in [1.165, 1.54) is 83.5 Å². The molecule has 1 aliphatic rings. The fourth-order valence-electron chi connectivity index (χ4n) is 7.97. The molecule has 0 aliphatic heterocycles. The van der Waals surface area contributed by atoms with Gasteiger partial charge in [0, 0.05) is 12.8 Å². The predicted octanol–water partition coefficient (Wildman–Crippen LogP) is 12.1. The number of aliphatic hydroxyl groups is 5. The van der Waals surface area contributed by atoms with Gasteiger partial charge in [0.1, 0.15) is 43.2 Å². The molecule has 1 aliphatic carbocycles. The van der Waals surface area contributed by atoms with Crippen molar-refractivity contribution in [3.63, 3.8) is 0 Å². The minimum absolute atomic E-state index is 0.0794. The average molecular weight is 997 g/mol. The highest BCUT2D eigenvalue weighted by Crippen LogP contribution is 2.47. The summed E-state index contributed by atoms with van der Waals surface area (Å²) in [6.45, 7) is 3.27. The Morgan fingerprint density at radius 1 is 0.449 bits per heavy atom. The summed E-state index contributed by atoms with van der Waals surface area (Å²) in [4.78, 5) is 35.9. The molecule has 1 fully saturated rings. The molecule has 0 spiro atoms. The van der Waals surface area contributed by atoms with E-state index in [9.17, 15) is 44.6 Å². The molecule has 6 atom stereocenters. The van der Waals surface area contributed by atoms with Gasteiger partial charge in [-0.15, -0.1) is 0 Å². The van der Waals surface area contributed by atoms with Crippen LogP contribution in [0, 0.1) is 0 Å². The summed E-state index contributed by atoms with van der Waals surface area (Å²) < 4.78 is 33.7. The van der Waals surface area contributed by atoms with Crippen LogP contribution in [0.4, 0.5) is 0 Å². The van der Waals surface area contributed by atoms with E-state index in [1.807, 2.05) is 0 Å². The number of phosphoric acid groups is 1. The molecule has 69 heavy (non-hydrogen) atoms. The highest BCUT2D eigenvalue weighted by molar-refractivity contribution is 7.47. The third-order valence-electron chi connectivity index (χ3n) is 12.3. The van der Waals surface area contributed by atoms with E-state index in [2.05, 4.69) is 74.6 Å². The number of unbranched alkanes of at least 4 members (excludes halogenated alkanes) is 23. The second-order valence-corrected chi connectivity index (χ2v) is 20.1. The van der Waals surface area contributed by atoms with Crippen molar-refractivity contribution in [3.05, 3.63) is 60.8 Å². The van der Waals surface area contributed by atoms with Crippen LogP contribution in [0.3, 0.4) is 0 Å². The van der Waals surface area contributed by atoms with Crippen LogP contribution in [0.2, 0.25) is 0 Å². The minimum atomic E-state index is -5.13. The molecule has 0 radical (unpaired) electrons. The number of carbonyl (C=O) groups excluding carboxylic acids is 2. The Kier molecular flexibility index (Phi) is 41.4. The zero-order valence-electron chi connectivity index (χ0n) is 42.8. The third kappa shape index (κ3) is 36.2. The maximum Gasteiger partial charge on any atom is 0.472 e. The summed E-state index contributed by atoms with van der Waals surface area (Å²) in [5.41, 5.74) is 0. The molecule has 0 amide bonds. The SMILES string of the molecule is CCCCC/C=C\C/C=C\C/C=C\CCCCCCCCC(=O)OC(COC(=O)CCCCCCCCCCC/C=C\C/C=C\CCCCCCC)COP(=O)(O)OC1C(O)C(O)C(O)C(O)C1O. The van der Waals surface area contributed by atoms with E-state index in [4.69, 9.17) is 18.5 Å². The summed E-state index contributed by atoms with van der Waals surface area (Å²) >= 11 is 0. The zero-order valence-corrected chi connectivity index (χ0v) is 43.7. The lowest BCUT2D eigenvalue weighted by molar-refractivity contribution is -0.220. The van der Waals surface area contributed by atoms with Gasteiger partial charge in [0.25, 0.3) is 0 Å². The van der Waals surface area contributed by atoms with E-state index in [0.717, 1.165) is 96.3 Å². The van der Waals surface area contributed by atoms with Crippen LogP contribution in [0.25, 0.3) is 0 Å². The van der Waals surface area contributed by atoms with Crippen LogP contribution in [-0.4, -0.2) is 98.3 Å². The summed E-state index contributed by atoms with van der Waals surface area (Å²) in [6, 6.07) is 0. The van der Waals surface area contributed by atoms with Crippen molar-refractivity contribution in [1.29, 1.82) is 0 Å². The first-order valence-corrected chi connectivity index (χ1v) is 28.6. The molecule has 0 aromatic heterocycles. The summed E-state index contributed by atoms with van der Waals surface area (Å²) in [5, 5.41) is 50.3. The number of carbonyl (C=O) groups is 2. The van der Waals surface area contributed by atoms with Gasteiger partial charge in [-0.25, -0.2) is 4.57 Å². The minimum Gasteiger partial charge on any atom is -0.462 e. The van der Waals surface area contributed by atoms with Gasteiger partial charge >= 0.3 is 19.8 Å². The van der Waals surface area contributed by atoms with Gasteiger partial charge in [-0.3, -0.25) is 18.6 Å². The van der Waals surface area contributed by atoms with Crippen molar-refractivity contribution in [2.75, 3.05) is 13.2 Å². The van der Waals surface area contributed by atoms with Crippen LogP contribution in [-0.2, 0) is 32.7 Å². The predicted molar refractivity (Wildman–Crippen MR) is 276 cm³/mol. The monoisotopic (exact) mass is 997 g/mol. The van der Waals surface area contributed by atoms with Crippen LogP contribution < -0.4 is 0 Å². The fourth-order valence-corrected chi connectivity index (χ4v) is 8.94. The molecule has 13 nitrogen and oxygen atoms in total. The Hall–Kier alpha value is -2.45. The van der Waals surface area contributed by atoms with E-state index in [-0.39, 0.29) is 12.8 Å². The van der Waals surface area contributed by atoms with Crippen LogP contribution in [0.1, 0.15) is 219 Å². The molecule has 6 N–H and O–H groups in total. The molecule has 1 saturated carbocycles. The molecule has 0 bridgehead atoms. The lowest BCUT2D eigenvalue weighted by Crippen LogP contribution is -2.64. The summed E-state index contributed by atoms with van der Waals surface area (Å²) in [5.74, 6) is -1.12. The van der Waals surface area contributed by atoms with Crippen molar-refractivity contribution in [3.8, 4) is 0 Å². The Morgan fingerprint density at radius 3 is 1.22 bits per heavy atom. The van der Waals surface area contributed by atoms with Crippen LogP contribution in [0.15, 0.2) is 60.8 Å². The van der Waals surface area contributed by atoms with Gasteiger partial charge in [-0.1, -0.05) is 184 Å². The Balaban J connectivity index is 2.39. The normalized spacial score (nSPS) is 21.3. The number of esters is 2. The first-order valence-electron chi connectivity index (χ1n) is 27.1. The highest BCUT2D eigenvalue weighted by atomic mass is 31.2. The first-order chi connectivity index (χ1) is 33.4. The first kappa shape index (κ1) is 64.6. The molecule has 0 heterocycles. The zero-order chi connectivity index (χ0) is 50.6. The molecular weight excluding hydrogens is 900 g/mol. The second-order valence-electron chi connectivity index (χ2n) is 18.7. The number of phosphoric ester groups is 1. The van der Waals surface area contributed by atoms with E-state index < -0.39 is 75.7 Å². The molecule has 0 aromatic carbocycles. The van der Waals surface area contributed by atoms with Gasteiger partial charge in [-0.2, -0.15) is 0 Å². The quantitative estimate of drug-likeness (QED) is 0.0145. The number of allylic oxidation sites excluding steroid dienone is 10. The third-order valence-corrected chi connectivity index (χ3v) is 13.3. The smallest absolute Gasteiger partial charge is 0.462 e. The van der Waals surface area contributed by atoms with Crippen molar-refractivity contribution in [1.82, 2.24) is 0 Å². The van der Waals surface area contributed by atoms with Gasteiger partial charge in [0.2, 0.25) is 0 Å². The number of hydrogen-bond donors (Lipinski definition) is 6. The molecule has 6 unspecified atom stereocenters. The largest absolute Gasteiger partial charge is 0.472 e. The highest BCUT2D eigenvalue weighted by Gasteiger charge is 2.51. The lowest BCUT2D eigenvalue weighted by atomic mass is 9.85. The standard InChI is InChI=1S/C55H97O13P/c1-3-5-7-9-11-13-15-17-19-21-23-24-26-27-29-31-33-35-37-39-41-43-48(56)65-45-47(46-66-69(63,64)68-55-53(61)51(59)50(58)52(60)54(55)62)67-49(57)44-42-40-38-36-34-32-30-28-25-22-20-18-16-14-12-10-8-6-4-2/h12,14-15,17-18,20-21,23,25,28,47,50-55,58-62H,3-11,13,16,19,22,24,26-27,29-46H2,1-2H3,(H,63,64)/b14-12-,17-15-,20-18-,23-21-,28-25-. The number of aliphatic hydroxyl groups excluding tert-OH is 5. The second kappa shape index (κ2) is 44.3. The molecule has 1 rings (SSSR count). The molecular formula is C55H97O13P. The number of rotatable bonds is 45. The summed E-state index contributed by atoms with van der Waals surface area (Å²) in [6.07, 6.45) is 42.5. The fraction of sp³-hybridized carbons (Fsp3) is 0.782. The average Bonchev–Trinajstić information content (AvgIpc) is 3.33. The topological polar surface area (TPSA) is 210 Å². The van der Waals surface area contributed by atoms with Gasteiger partial charge < -0.3 is 39.9 Å². The van der Waals surface area contributed by atoms with Crippen molar-refractivity contribution < 1.29 is 63.1 Å². The van der Waals surface area contributed by atoms with Crippen LogP contribution >= 0.6 is 7.82 Å².